The molecule has 0 aromatic heterocycles. The van der Waals surface area contributed by atoms with E-state index in [9.17, 15) is 18.0 Å². The lowest BCUT2D eigenvalue weighted by molar-refractivity contribution is -0.139. The Balaban J connectivity index is 2.56. The summed E-state index contributed by atoms with van der Waals surface area (Å²) in [6.45, 7) is 8.44. The fraction of sp³-hybridized carbons (Fsp3) is 0.462. The third-order valence-electron chi connectivity index (χ3n) is 6.21. The highest BCUT2D eigenvalue weighted by Crippen LogP contribution is 2.28. The molecule has 2 atom stereocenters. The van der Waals surface area contributed by atoms with Gasteiger partial charge in [-0.3, -0.25) is 9.59 Å². The molecule has 0 aliphatic heterocycles. The molecule has 0 unspecified atom stereocenters. The van der Waals surface area contributed by atoms with Crippen LogP contribution in [0.25, 0.3) is 0 Å². The number of benzene rings is 2. The molecule has 1 N–H and O–H groups in total. The Morgan fingerprint density at radius 2 is 1.62 bits per heavy atom. The second-order valence-corrected chi connectivity index (χ2v) is 12.2. The summed E-state index contributed by atoms with van der Waals surface area (Å²) in [5, 5.41) is 3.57. The summed E-state index contributed by atoms with van der Waals surface area (Å²) >= 11 is 12.8. The summed E-state index contributed by atoms with van der Waals surface area (Å²) < 4.78 is 28.9. The van der Waals surface area contributed by atoms with E-state index in [1.807, 2.05) is 26.8 Å². The van der Waals surface area contributed by atoms with Crippen molar-refractivity contribution in [2.24, 2.45) is 0 Å². The van der Waals surface area contributed by atoms with E-state index in [1.54, 1.807) is 44.2 Å². The smallest absolute Gasteiger partial charge is 0.304 e. The molecule has 0 aliphatic rings. The van der Waals surface area contributed by atoms with Crippen molar-refractivity contribution in [3.63, 3.8) is 0 Å². The van der Waals surface area contributed by atoms with E-state index < -0.39 is 28.7 Å². The number of rotatable bonds is 11. The van der Waals surface area contributed by atoms with Gasteiger partial charge in [0, 0.05) is 42.3 Å². The molecule has 0 radical (unpaired) electrons. The van der Waals surface area contributed by atoms with Gasteiger partial charge in [0.05, 0.1) is 5.69 Å². The molecule has 0 saturated heterocycles. The van der Waals surface area contributed by atoms with Crippen LogP contribution in [0.15, 0.2) is 36.4 Å². The second kappa shape index (κ2) is 13.0. The zero-order valence-electron chi connectivity index (χ0n) is 22.4. The molecule has 0 aliphatic carbocycles. The number of hydrogen-bond acceptors (Lipinski definition) is 4. The molecule has 0 heterocycles. The van der Waals surface area contributed by atoms with Crippen molar-refractivity contribution in [3.8, 4) is 0 Å². The first-order valence-electron chi connectivity index (χ1n) is 12.0. The van der Waals surface area contributed by atoms with Crippen LogP contribution in [-0.2, 0) is 26.3 Å². The van der Waals surface area contributed by atoms with Gasteiger partial charge < -0.3 is 10.2 Å². The van der Waals surface area contributed by atoms with Crippen LogP contribution < -0.4 is 9.62 Å². The summed E-state index contributed by atoms with van der Waals surface area (Å²) in [5.41, 5.74) is 2.38. The molecule has 2 aromatic carbocycles. The van der Waals surface area contributed by atoms with Gasteiger partial charge >= 0.3 is 10.2 Å². The minimum absolute atomic E-state index is 0.0743. The topological polar surface area (TPSA) is 90.0 Å². The van der Waals surface area contributed by atoms with Gasteiger partial charge in [-0.2, -0.15) is 12.7 Å². The van der Waals surface area contributed by atoms with Crippen molar-refractivity contribution in [1.82, 2.24) is 14.5 Å². The van der Waals surface area contributed by atoms with Gasteiger partial charge in [-0.15, -0.1) is 0 Å². The number of anilines is 1. The summed E-state index contributed by atoms with van der Waals surface area (Å²) in [4.78, 5) is 28.2. The van der Waals surface area contributed by atoms with Crippen LogP contribution in [-0.4, -0.2) is 62.2 Å². The lowest BCUT2D eigenvalue weighted by Gasteiger charge is -2.34. The standard InChI is InChI=1S/C26H36Cl2N4O4S/c1-8-19(4)29-26(34)20(5)31(15-21-22(27)10-9-11-23(21)28)25(33)16-32(37(35,36)30(6)7)24-14-17(2)12-13-18(24)3/h9-14,19-20H,8,15-16H2,1-7H3,(H,29,34)/t19-,20+/m0/s1. The lowest BCUT2D eigenvalue weighted by Crippen LogP contribution is -2.53. The van der Waals surface area contributed by atoms with Crippen LogP contribution in [0, 0.1) is 13.8 Å². The van der Waals surface area contributed by atoms with Crippen LogP contribution in [0.2, 0.25) is 10.0 Å². The normalized spacial score (nSPS) is 13.2. The minimum atomic E-state index is -4.05. The summed E-state index contributed by atoms with van der Waals surface area (Å²) in [7, 11) is -1.24. The highest BCUT2D eigenvalue weighted by atomic mass is 35.5. The van der Waals surface area contributed by atoms with Crippen LogP contribution in [0.4, 0.5) is 5.69 Å². The molecular weight excluding hydrogens is 535 g/mol. The fourth-order valence-electron chi connectivity index (χ4n) is 3.59. The van der Waals surface area contributed by atoms with Crippen LogP contribution in [0.5, 0.6) is 0 Å². The maximum atomic E-state index is 13.9. The van der Waals surface area contributed by atoms with Gasteiger partial charge in [-0.1, -0.05) is 48.3 Å². The molecule has 2 aromatic rings. The van der Waals surface area contributed by atoms with Crippen molar-refractivity contribution in [3.05, 3.63) is 63.1 Å². The first kappa shape index (κ1) is 30.9. The molecular formula is C26H36Cl2N4O4S. The van der Waals surface area contributed by atoms with Crippen molar-refractivity contribution in [1.29, 1.82) is 0 Å². The third-order valence-corrected chi connectivity index (χ3v) is 8.72. The largest absolute Gasteiger partial charge is 0.352 e. The third kappa shape index (κ3) is 7.60. The zero-order chi connectivity index (χ0) is 28.1. The molecule has 2 amide bonds. The van der Waals surface area contributed by atoms with Crippen molar-refractivity contribution in [2.45, 2.75) is 59.7 Å². The fourth-order valence-corrected chi connectivity index (χ4v) is 5.22. The van der Waals surface area contributed by atoms with E-state index in [0.717, 1.165) is 14.2 Å². The molecule has 8 nitrogen and oxygen atoms in total. The number of carbonyl (C=O) groups is 2. The predicted octanol–water partition coefficient (Wildman–Crippen LogP) is 4.56. The Hall–Kier alpha value is -2.33. The molecule has 204 valence electrons. The Morgan fingerprint density at radius 3 is 2.16 bits per heavy atom. The van der Waals surface area contributed by atoms with E-state index in [-0.39, 0.29) is 18.5 Å². The van der Waals surface area contributed by atoms with Crippen molar-refractivity contribution < 1.29 is 18.0 Å². The van der Waals surface area contributed by atoms with Crippen LogP contribution in [0.3, 0.4) is 0 Å². The molecule has 0 fully saturated rings. The second-order valence-electron chi connectivity index (χ2n) is 9.30. The Morgan fingerprint density at radius 1 is 1.03 bits per heavy atom. The number of nitrogens with one attached hydrogen (secondary N) is 1. The van der Waals surface area contributed by atoms with Gasteiger partial charge in [0.1, 0.15) is 12.6 Å². The van der Waals surface area contributed by atoms with Gasteiger partial charge in [-0.25, -0.2) is 4.31 Å². The number of hydrogen-bond donors (Lipinski definition) is 1. The number of nitrogens with zero attached hydrogens (tertiary/aromatic N) is 3. The number of carbonyl (C=O) groups excluding carboxylic acids is 2. The Labute approximate surface area is 230 Å². The van der Waals surface area contributed by atoms with Gasteiger partial charge in [0.15, 0.2) is 0 Å². The zero-order valence-corrected chi connectivity index (χ0v) is 24.7. The van der Waals surface area contributed by atoms with Crippen LogP contribution >= 0.6 is 23.2 Å². The average Bonchev–Trinajstić information content (AvgIpc) is 2.83. The molecule has 0 saturated carbocycles. The average molecular weight is 572 g/mol. The Bertz CT molecular complexity index is 1220. The quantitative estimate of drug-likeness (QED) is 0.429. The van der Waals surface area contributed by atoms with Gasteiger partial charge in [0.2, 0.25) is 11.8 Å². The number of amides is 2. The summed E-state index contributed by atoms with van der Waals surface area (Å²) in [6, 6.07) is 9.35. The molecule has 0 bridgehead atoms. The number of aryl methyl sites for hydroxylation is 2. The molecule has 11 heteroatoms. The van der Waals surface area contributed by atoms with E-state index in [2.05, 4.69) is 5.32 Å². The molecule has 2 rings (SSSR count). The van der Waals surface area contributed by atoms with Gasteiger partial charge in [-0.05, 0) is 63.4 Å². The molecule has 37 heavy (non-hydrogen) atoms. The van der Waals surface area contributed by atoms with Crippen LogP contribution in [0.1, 0.15) is 43.9 Å². The van der Waals surface area contributed by atoms with E-state index >= 15 is 0 Å². The van der Waals surface area contributed by atoms with Gasteiger partial charge in [0.25, 0.3) is 0 Å². The maximum Gasteiger partial charge on any atom is 0.304 e. The minimum Gasteiger partial charge on any atom is -0.352 e. The van der Waals surface area contributed by atoms with E-state index in [0.29, 0.717) is 33.3 Å². The Kier molecular flexibility index (Phi) is 10.8. The van der Waals surface area contributed by atoms with E-state index in [1.165, 1.54) is 19.0 Å². The highest BCUT2D eigenvalue weighted by Gasteiger charge is 2.34. The number of halogens is 2. The first-order valence-corrected chi connectivity index (χ1v) is 14.2. The SMILES string of the molecule is CC[C@H](C)NC(=O)[C@@H](C)N(Cc1c(Cl)cccc1Cl)C(=O)CN(c1cc(C)ccc1C)S(=O)(=O)N(C)C. The maximum absolute atomic E-state index is 13.9. The first-order chi connectivity index (χ1) is 17.2. The lowest BCUT2D eigenvalue weighted by atomic mass is 10.1. The summed E-state index contributed by atoms with van der Waals surface area (Å²) in [6.07, 6.45) is 0.713. The van der Waals surface area contributed by atoms with E-state index in [4.69, 9.17) is 23.2 Å². The summed E-state index contributed by atoms with van der Waals surface area (Å²) in [5.74, 6) is -0.936. The van der Waals surface area contributed by atoms with Crippen molar-refractivity contribution >= 4 is 50.9 Å². The highest BCUT2D eigenvalue weighted by molar-refractivity contribution is 7.90. The molecule has 0 spiro atoms. The monoisotopic (exact) mass is 570 g/mol. The predicted molar refractivity (Wildman–Crippen MR) is 150 cm³/mol. The van der Waals surface area contributed by atoms with Crippen molar-refractivity contribution in [2.75, 3.05) is 24.9 Å².